The van der Waals surface area contributed by atoms with Crippen molar-refractivity contribution >= 4 is 5.91 Å². The van der Waals surface area contributed by atoms with Crippen molar-refractivity contribution in [3.63, 3.8) is 0 Å². The van der Waals surface area contributed by atoms with Crippen LogP contribution in [0.2, 0.25) is 0 Å². The number of carbonyl (C=O) groups excluding carboxylic acids is 1. The fraction of sp³-hybridized carbons (Fsp3) is 0.533. The van der Waals surface area contributed by atoms with E-state index in [1.165, 1.54) is 12.1 Å². The summed E-state index contributed by atoms with van der Waals surface area (Å²) in [5.41, 5.74) is 6.52. The van der Waals surface area contributed by atoms with Crippen LogP contribution in [0.4, 0.5) is 4.39 Å². The molecular formula is C15H21FN2O. The summed E-state index contributed by atoms with van der Waals surface area (Å²) in [4.78, 5) is 12.1. The van der Waals surface area contributed by atoms with Crippen LogP contribution < -0.4 is 11.1 Å². The van der Waals surface area contributed by atoms with Gasteiger partial charge in [0.05, 0.1) is 11.6 Å². The summed E-state index contributed by atoms with van der Waals surface area (Å²) >= 11 is 0. The van der Waals surface area contributed by atoms with E-state index in [1.54, 1.807) is 12.1 Å². The molecule has 1 atom stereocenters. The van der Waals surface area contributed by atoms with Crippen LogP contribution in [0.1, 0.15) is 38.7 Å². The average Bonchev–Trinajstić information content (AvgIpc) is 3.09. The van der Waals surface area contributed by atoms with Crippen molar-refractivity contribution in [3.05, 3.63) is 35.6 Å². The molecule has 0 radical (unpaired) electrons. The minimum Gasteiger partial charge on any atom is -0.345 e. The van der Waals surface area contributed by atoms with E-state index in [2.05, 4.69) is 5.32 Å². The van der Waals surface area contributed by atoms with Crippen molar-refractivity contribution in [3.8, 4) is 0 Å². The van der Waals surface area contributed by atoms with Gasteiger partial charge in [0.15, 0.2) is 0 Å². The zero-order valence-corrected chi connectivity index (χ0v) is 11.4. The molecule has 19 heavy (non-hydrogen) atoms. The van der Waals surface area contributed by atoms with Gasteiger partial charge in [-0.1, -0.05) is 26.0 Å². The lowest BCUT2D eigenvalue weighted by molar-refractivity contribution is -0.123. The van der Waals surface area contributed by atoms with Crippen LogP contribution in [0.15, 0.2) is 24.3 Å². The van der Waals surface area contributed by atoms with Gasteiger partial charge in [-0.25, -0.2) is 4.39 Å². The molecule has 2 rings (SSSR count). The van der Waals surface area contributed by atoms with Crippen molar-refractivity contribution in [2.75, 3.05) is 0 Å². The Balaban J connectivity index is 2.02. The average molecular weight is 264 g/mol. The van der Waals surface area contributed by atoms with Crippen LogP contribution in [-0.4, -0.2) is 11.9 Å². The third kappa shape index (κ3) is 3.32. The van der Waals surface area contributed by atoms with E-state index in [0.29, 0.717) is 12.3 Å². The molecule has 1 aromatic carbocycles. The summed E-state index contributed by atoms with van der Waals surface area (Å²) < 4.78 is 12.9. The Morgan fingerprint density at radius 1 is 1.37 bits per heavy atom. The largest absolute Gasteiger partial charge is 0.345 e. The number of amides is 1. The van der Waals surface area contributed by atoms with Gasteiger partial charge in [0.2, 0.25) is 5.91 Å². The fourth-order valence-electron chi connectivity index (χ4n) is 2.32. The lowest BCUT2D eigenvalue weighted by Crippen LogP contribution is -2.46. The molecule has 1 saturated carbocycles. The summed E-state index contributed by atoms with van der Waals surface area (Å²) in [7, 11) is 0. The van der Waals surface area contributed by atoms with E-state index in [9.17, 15) is 9.18 Å². The molecule has 0 unspecified atom stereocenters. The summed E-state index contributed by atoms with van der Waals surface area (Å²) in [6.45, 7) is 4.08. The molecule has 3 N–H and O–H groups in total. The summed E-state index contributed by atoms with van der Waals surface area (Å²) in [5.74, 6) is 0.0136. The fourth-order valence-corrected chi connectivity index (χ4v) is 2.32. The molecule has 0 spiro atoms. The quantitative estimate of drug-likeness (QED) is 0.857. The molecule has 1 fully saturated rings. The van der Waals surface area contributed by atoms with Crippen molar-refractivity contribution in [2.24, 2.45) is 11.7 Å². The highest BCUT2D eigenvalue weighted by Crippen LogP contribution is 2.45. The Kier molecular flexibility index (Phi) is 3.90. The van der Waals surface area contributed by atoms with Crippen LogP contribution in [-0.2, 0) is 10.3 Å². The second-order valence-electron chi connectivity index (χ2n) is 5.81. The lowest BCUT2D eigenvalue weighted by Gasteiger charge is -2.21. The number of carbonyl (C=O) groups is 1. The van der Waals surface area contributed by atoms with Gasteiger partial charge in [-0.3, -0.25) is 4.79 Å². The first-order valence-corrected chi connectivity index (χ1v) is 6.76. The van der Waals surface area contributed by atoms with E-state index >= 15 is 0 Å². The number of halogens is 1. The van der Waals surface area contributed by atoms with E-state index in [0.717, 1.165) is 18.4 Å². The van der Waals surface area contributed by atoms with Crippen molar-refractivity contribution in [1.29, 1.82) is 0 Å². The normalized spacial score (nSPS) is 18.2. The summed E-state index contributed by atoms with van der Waals surface area (Å²) in [6.07, 6.45) is 2.45. The molecule has 1 amide bonds. The molecule has 0 bridgehead atoms. The smallest absolute Gasteiger partial charge is 0.237 e. The van der Waals surface area contributed by atoms with E-state index in [4.69, 9.17) is 5.73 Å². The highest BCUT2D eigenvalue weighted by molar-refractivity contribution is 5.82. The molecule has 1 aliphatic carbocycles. The number of nitrogens with two attached hydrogens (primary N) is 1. The molecular weight excluding hydrogens is 243 g/mol. The lowest BCUT2D eigenvalue weighted by atomic mass is 10.0. The third-order valence-corrected chi connectivity index (χ3v) is 3.57. The first-order chi connectivity index (χ1) is 8.93. The standard InChI is InChI=1S/C15H21FN2O/c1-10(2)9-13(17)14(19)18-15(7-8-15)11-3-5-12(16)6-4-11/h3-6,10,13H,7-9,17H2,1-2H3,(H,18,19)/t13-/m0/s1. The predicted octanol–water partition coefficient (Wildman–Crippen LogP) is 2.30. The minimum absolute atomic E-state index is 0.115. The van der Waals surface area contributed by atoms with E-state index in [-0.39, 0.29) is 17.3 Å². The van der Waals surface area contributed by atoms with Crippen molar-refractivity contribution < 1.29 is 9.18 Å². The maximum atomic E-state index is 12.9. The van der Waals surface area contributed by atoms with Gasteiger partial charge < -0.3 is 11.1 Å². The van der Waals surface area contributed by atoms with Gasteiger partial charge >= 0.3 is 0 Å². The van der Waals surface area contributed by atoms with Gasteiger partial charge in [-0.05, 0) is 42.9 Å². The van der Waals surface area contributed by atoms with Crippen LogP contribution >= 0.6 is 0 Å². The summed E-state index contributed by atoms with van der Waals surface area (Å²) in [5, 5.41) is 3.02. The van der Waals surface area contributed by atoms with Gasteiger partial charge in [0.1, 0.15) is 5.82 Å². The van der Waals surface area contributed by atoms with Crippen LogP contribution in [0.5, 0.6) is 0 Å². The Labute approximate surface area is 113 Å². The van der Waals surface area contributed by atoms with Gasteiger partial charge in [0.25, 0.3) is 0 Å². The van der Waals surface area contributed by atoms with Crippen LogP contribution in [0.3, 0.4) is 0 Å². The van der Waals surface area contributed by atoms with Crippen molar-refractivity contribution in [2.45, 2.75) is 44.7 Å². The number of hydrogen-bond donors (Lipinski definition) is 2. The molecule has 1 aliphatic rings. The van der Waals surface area contributed by atoms with Gasteiger partial charge in [-0.2, -0.15) is 0 Å². The van der Waals surface area contributed by atoms with E-state index < -0.39 is 6.04 Å². The number of nitrogens with one attached hydrogen (secondary N) is 1. The topological polar surface area (TPSA) is 55.1 Å². The molecule has 0 heterocycles. The summed E-state index contributed by atoms with van der Waals surface area (Å²) in [6, 6.07) is 5.84. The Hall–Kier alpha value is -1.42. The monoisotopic (exact) mass is 264 g/mol. The van der Waals surface area contributed by atoms with Gasteiger partial charge in [0, 0.05) is 0 Å². The van der Waals surface area contributed by atoms with Gasteiger partial charge in [-0.15, -0.1) is 0 Å². The number of rotatable bonds is 5. The molecule has 3 nitrogen and oxygen atoms in total. The molecule has 0 aliphatic heterocycles. The Bertz CT molecular complexity index is 452. The zero-order chi connectivity index (χ0) is 14.0. The Morgan fingerprint density at radius 3 is 2.42 bits per heavy atom. The molecule has 0 saturated heterocycles. The third-order valence-electron chi connectivity index (χ3n) is 3.57. The molecule has 4 heteroatoms. The van der Waals surface area contributed by atoms with Crippen LogP contribution in [0, 0.1) is 11.7 Å². The maximum absolute atomic E-state index is 12.9. The van der Waals surface area contributed by atoms with E-state index in [1.807, 2.05) is 13.8 Å². The molecule has 1 aromatic rings. The number of hydrogen-bond acceptors (Lipinski definition) is 2. The SMILES string of the molecule is CC(C)C[C@H](N)C(=O)NC1(c2ccc(F)cc2)CC1. The zero-order valence-electron chi connectivity index (χ0n) is 11.4. The molecule has 104 valence electrons. The first kappa shape index (κ1) is 14.0. The maximum Gasteiger partial charge on any atom is 0.237 e. The van der Waals surface area contributed by atoms with Crippen molar-refractivity contribution in [1.82, 2.24) is 5.32 Å². The highest BCUT2D eigenvalue weighted by atomic mass is 19.1. The molecule has 0 aromatic heterocycles. The highest BCUT2D eigenvalue weighted by Gasteiger charge is 2.46. The minimum atomic E-state index is -0.474. The predicted molar refractivity (Wildman–Crippen MR) is 72.9 cm³/mol. The number of benzene rings is 1. The van der Waals surface area contributed by atoms with Crippen LogP contribution in [0.25, 0.3) is 0 Å². The Morgan fingerprint density at radius 2 is 1.95 bits per heavy atom. The second kappa shape index (κ2) is 5.29. The first-order valence-electron chi connectivity index (χ1n) is 6.76. The second-order valence-corrected chi connectivity index (χ2v) is 5.81.